The maximum atomic E-state index is 6.11. The van der Waals surface area contributed by atoms with E-state index in [1.54, 1.807) is 0 Å². The number of likely N-dealkylation sites (N-methyl/N-ethyl adjacent to an activating group) is 1. The minimum Gasteiger partial charge on any atom is -0.489 e. The molecule has 2 aromatic rings. The average Bonchev–Trinajstić information content (AvgIpc) is 2.47. The lowest BCUT2D eigenvalue weighted by atomic mass is 9.98. The number of rotatable bonds is 3. The third-order valence-electron chi connectivity index (χ3n) is 3.62. The fraction of sp³-hybridized carbons (Fsp3) is 0.294. The number of aryl methyl sites for hydroxylation is 1. The molecule has 1 heterocycles. The Bertz CT molecular complexity index is 597. The van der Waals surface area contributed by atoms with Gasteiger partial charge in [0.15, 0.2) is 6.10 Å². The molecule has 0 aromatic heterocycles. The number of para-hydroxylation sites is 1. The third-order valence-corrected chi connectivity index (χ3v) is 3.62. The normalized spacial score (nSPS) is 20.9. The van der Waals surface area contributed by atoms with Gasteiger partial charge in [-0.2, -0.15) is 0 Å². The van der Waals surface area contributed by atoms with E-state index >= 15 is 0 Å². The molecule has 2 aromatic carbocycles. The van der Waals surface area contributed by atoms with Gasteiger partial charge in [0, 0.05) is 5.56 Å². The zero-order valence-electron chi connectivity index (χ0n) is 11.8. The van der Waals surface area contributed by atoms with Crippen LogP contribution in [0.2, 0.25) is 0 Å². The standard InChI is InChI=1S/C17H19NO2/c1-12-6-5-7-13(10-12)20-16-11-19-15-9-4-3-8-14(15)17(16)18-2/h3-10,16-18H,11H2,1-2H3. The van der Waals surface area contributed by atoms with E-state index in [4.69, 9.17) is 9.47 Å². The highest BCUT2D eigenvalue weighted by atomic mass is 16.5. The van der Waals surface area contributed by atoms with E-state index in [0.29, 0.717) is 6.61 Å². The van der Waals surface area contributed by atoms with Crippen LogP contribution in [0.3, 0.4) is 0 Å². The van der Waals surface area contributed by atoms with Gasteiger partial charge in [-0.3, -0.25) is 0 Å². The molecule has 104 valence electrons. The van der Waals surface area contributed by atoms with Crippen molar-refractivity contribution in [3.05, 3.63) is 59.7 Å². The molecule has 3 nitrogen and oxygen atoms in total. The Balaban J connectivity index is 1.84. The van der Waals surface area contributed by atoms with Crippen molar-refractivity contribution in [1.82, 2.24) is 5.32 Å². The molecule has 2 atom stereocenters. The zero-order valence-corrected chi connectivity index (χ0v) is 11.8. The Morgan fingerprint density at radius 2 is 2.00 bits per heavy atom. The Morgan fingerprint density at radius 3 is 2.80 bits per heavy atom. The van der Waals surface area contributed by atoms with E-state index in [2.05, 4.69) is 24.4 Å². The van der Waals surface area contributed by atoms with Gasteiger partial charge in [-0.05, 0) is 37.7 Å². The van der Waals surface area contributed by atoms with Crippen LogP contribution in [0.5, 0.6) is 11.5 Å². The molecular weight excluding hydrogens is 250 g/mol. The van der Waals surface area contributed by atoms with Crippen molar-refractivity contribution >= 4 is 0 Å². The van der Waals surface area contributed by atoms with Crippen molar-refractivity contribution in [3.63, 3.8) is 0 Å². The highest BCUT2D eigenvalue weighted by Gasteiger charge is 2.31. The summed E-state index contributed by atoms with van der Waals surface area (Å²) in [6.45, 7) is 2.62. The number of hydrogen-bond acceptors (Lipinski definition) is 3. The van der Waals surface area contributed by atoms with Crippen LogP contribution >= 0.6 is 0 Å². The Labute approximate surface area is 119 Å². The molecule has 0 amide bonds. The minimum absolute atomic E-state index is 0.0308. The predicted molar refractivity (Wildman–Crippen MR) is 79.3 cm³/mol. The van der Waals surface area contributed by atoms with Crippen LogP contribution in [0.25, 0.3) is 0 Å². The van der Waals surface area contributed by atoms with Crippen molar-refractivity contribution < 1.29 is 9.47 Å². The first-order chi connectivity index (χ1) is 9.78. The highest BCUT2D eigenvalue weighted by molar-refractivity contribution is 5.39. The van der Waals surface area contributed by atoms with Gasteiger partial charge in [-0.1, -0.05) is 30.3 Å². The molecule has 3 heteroatoms. The molecule has 0 fully saturated rings. The van der Waals surface area contributed by atoms with E-state index < -0.39 is 0 Å². The van der Waals surface area contributed by atoms with E-state index in [1.807, 2.05) is 43.4 Å². The second-order valence-corrected chi connectivity index (χ2v) is 5.09. The van der Waals surface area contributed by atoms with Crippen LogP contribution in [0.15, 0.2) is 48.5 Å². The molecule has 1 aliphatic heterocycles. The van der Waals surface area contributed by atoms with Gasteiger partial charge < -0.3 is 14.8 Å². The quantitative estimate of drug-likeness (QED) is 0.928. The summed E-state index contributed by atoms with van der Waals surface area (Å²) >= 11 is 0. The molecule has 0 saturated heterocycles. The lowest BCUT2D eigenvalue weighted by molar-refractivity contribution is 0.0773. The summed E-state index contributed by atoms with van der Waals surface area (Å²) in [4.78, 5) is 0. The van der Waals surface area contributed by atoms with Gasteiger partial charge in [-0.25, -0.2) is 0 Å². The number of hydrogen-bond donors (Lipinski definition) is 1. The first-order valence-corrected chi connectivity index (χ1v) is 6.90. The molecule has 1 N–H and O–H groups in total. The Hall–Kier alpha value is -2.00. The van der Waals surface area contributed by atoms with Crippen molar-refractivity contribution in [2.75, 3.05) is 13.7 Å². The van der Waals surface area contributed by atoms with Crippen molar-refractivity contribution in [2.24, 2.45) is 0 Å². The van der Waals surface area contributed by atoms with Gasteiger partial charge in [-0.15, -0.1) is 0 Å². The lowest BCUT2D eigenvalue weighted by Crippen LogP contribution is -2.41. The summed E-state index contributed by atoms with van der Waals surface area (Å²) in [5.74, 6) is 1.83. The summed E-state index contributed by atoms with van der Waals surface area (Å²) in [5.41, 5.74) is 2.35. The zero-order chi connectivity index (χ0) is 13.9. The maximum Gasteiger partial charge on any atom is 0.152 e. The number of benzene rings is 2. The van der Waals surface area contributed by atoms with Gasteiger partial charge in [0.05, 0.1) is 6.04 Å². The van der Waals surface area contributed by atoms with E-state index in [-0.39, 0.29) is 12.1 Å². The molecule has 0 aliphatic carbocycles. The van der Waals surface area contributed by atoms with Crippen LogP contribution in [-0.2, 0) is 0 Å². The third kappa shape index (κ3) is 2.49. The summed E-state index contributed by atoms with van der Waals surface area (Å²) < 4.78 is 11.9. The van der Waals surface area contributed by atoms with Crippen LogP contribution in [-0.4, -0.2) is 19.8 Å². The fourth-order valence-corrected chi connectivity index (χ4v) is 2.64. The molecule has 20 heavy (non-hydrogen) atoms. The molecule has 0 saturated carbocycles. The molecule has 1 aliphatic rings. The van der Waals surface area contributed by atoms with Crippen LogP contribution in [0.4, 0.5) is 0 Å². The second-order valence-electron chi connectivity index (χ2n) is 5.09. The number of nitrogens with one attached hydrogen (secondary N) is 1. The number of fused-ring (bicyclic) bond motifs is 1. The van der Waals surface area contributed by atoms with Crippen molar-refractivity contribution in [3.8, 4) is 11.5 Å². The molecule has 0 radical (unpaired) electrons. The summed E-state index contributed by atoms with van der Waals surface area (Å²) in [7, 11) is 1.96. The smallest absolute Gasteiger partial charge is 0.152 e. The van der Waals surface area contributed by atoms with Crippen LogP contribution in [0.1, 0.15) is 17.2 Å². The fourth-order valence-electron chi connectivity index (χ4n) is 2.64. The molecule has 3 rings (SSSR count). The van der Waals surface area contributed by atoms with E-state index in [1.165, 1.54) is 5.56 Å². The van der Waals surface area contributed by atoms with Crippen LogP contribution in [0, 0.1) is 6.92 Å². The largest absolute Gasteiger partial charge is 0.489 e. The minimum atomic E-state index is -0.0308. The molecule has 2 unspecified atom stereocenters. The Kier molecular flexibility index (Phi) is 3.61. The molecule has 0 bridgehead atoms. The second kappa shape index (κ2) is 5.55. The summed E-state index contributed by atoms with van der Waals surface area (Å²) in [6.07, 6.45) is -0.0308. The van der Waals surface area contributed by atoms with E-state index in [0.717, 1.165) is 17.1 Å². The van der Waals surface area contributed by atoms with Gasteiger partial charge in [0.1, 0.15) is 18.1 Å². The first-order valence-electron chi connectivity index (χ1n) is 6.90. The van der Waals surface area contributed by atoms with Gasteiger partial charge in [0.25, 0.3) is 0 Å². The monoisotopic (exact) mass is 269 g/mol. The lowest BCUT2D eigenvalue weighted by Gasteiger charge is -2.33. The summed E-state index contributed by atoms with van der Waals surface area (Å²) in [5, 5.41) is 3.34. The Morgan fingerprint density at radius 1 is 1.15 bits per heavy atom. The molecule has 0 spiro atoms. The van der Waals surface area contributed by atoms with Crippen molar-refractivity contribution in [2.45, 2.75) is 19.1 Å². The van der Waals surface area contributed by atoms with Gasteiger partial charge >= 0.3 is 0 Å². The first kappa shape index (κ1) is 13.0. The van der Waals surface area contributed by atoms with E-state index in [9.17, 15) is 0 Å². The summed E-state index contributed by atoms with van der Waals surface area (Å²) in [6, 6.07) is 16.4. The number of ether oxygens (including phenoxy) is 2. The maximum absolute atomic E-state index is 6.11. The predicted octanol–water partition coefficient (Wildman–Crippen LogP) is 3.10. The van der Waals surface area contributed by atoms with Crippen molar-refractivity contribution in [1.29, 1.82) is 0 Å². The van der Waals surface area contributed by atoms with Crippen LogP contribution < -0.4 is 14.8 Å². The van der Waals surface area contributed by atoms with Gasteiger partial charge in [0.2, 0.25) is 0 Å². The highest BCUT2D eigenvalue weighted by Crippen LogP contribution is 2.33. The topological polar surface area (TPSA) is 30.5 Å². The SMILES string of the molecule is CNC1c2ccccc2OCC1Oc1cccc(C)c1. The molecular formula is C17H19NO2. The average molecular weight is 269 g/mol.